The monoisotopic (exact) mass is 431 g/mol. The van der Waals surface area contributed by atoms with E-state index in [1.165, 1.54) is 10.5 Å². The zero-order valence-corrected chi connectivity index (χ0v) is 16.6. The number of ketones is 1. The van der Waals surface area contributed by atoms with Gasteiger partial charge >= 0.3 is 0 Å². The van der Waals surface area contributed by atoms with Gasteiger partial charge in [0.15, 0.2) is 5.78 Å². The van der Waals surface area contributed by atoms with E-state index in [2.05, 4.69) is 15.9 Å². The van der Waals surface area contributed by atoms with E-state index in [9.17, 15) is 9.59 Å². The quantitative estimate of drug-likeness (QED) is 0.365. The van der Waals surface area contributed by atoms with Crippen LogP contribution >= 0.6 is 39.9 Å². The maximum atomic E-state index is 12.4. The fourth-order valence-corrected chi connectivity index (χ4v) is 3.82. The predicted octanol–water partition coefficient (Wildman–Crippen LogP) is 5.48. The Hall–Kier alpha value is -1.76. The average Bonchev–Trinajstić information content (AvgIpc) is 2.85. The summed E-state index contributed by atoms with van der Waals surface area (Å²) in [5, 5.41) is -0.214. The number of nitrogens with zero attached hydrogens (tertiary/aromatic N) is 1. The van der Waals surface area contributed by atoms with Crippen LogP contribution < -0.4 is 0 Å². The van der Waals surface area contributed by atoms with Gasteiger partial charge in [-0.3, -0.25) is 14.5 Å². The van der Waals surface area contributed by atoms with Crippen molar-refractivity contribution in [2.45, 2.75) is 6.92 Å². The second kappa shape index (κ2) is 7.64. The van der Waals surface area contributed by atoms with Crippen LogP contribution in [0, 0.1) is 6.92 Å². The van der Waals surface area contributed by atoms with Crippen molar-refractivity contribution in [2.75, 3.05) is 6.54 Å². The fraction of sp³-hybridized carbons (Fsp3) is 0.105. The number of benzene rings is 2. The lowest BCUT2D eigenvalue weighted by molar-refractivity contribution is 0.0973. The minimum atomic E-state index is -0.214. The maximum absolute atomic E-state index is 12.4. The molecule has 0 saturated carbocycles. The first-order valence-electron chi connectivity index (χ1n) is 7.55. The number of Topliss-reactive ketones (excluding diaryl/α,β-unsaturated/α-hetero) is 1. The Kier molecular flexibility index (Phi) is 5.51. The molecule has 25 heavy (non-hydrogen) atoms. The Morgan fingerprint density at radius 3 is 2.44 bits per heavy atom. The first-order valence-corrected chi connectivity index (χ1v) is 9.56. The number of rotatable bonds is 4. The second-order valence-electron chi connectivity index (χ2n) is 5.61. The average molecular weight is 432 g/mol. The highest BCUT2D eigenvalue weighted by atomic mass is 79.9. The molecule has 1 aliphatic rings. The largest absolute Gasteiger partial charge is 0.292 e. The summed E-state index contributed by atoms with van der Waals surface area (Å²) in [6, 6.07) is 15.0. The van der Waals surface area contributed by atoms with Gasteiger partial charge in [0.1, 0.15) is 4.99 Å². The van der Waals surface area contributed by atoms with Crippen LogP contribution in [0.25, 0.3) is 6.08 Å². The summed E-state index contributed by atoms with van der Waals surface area (Å²) in [7, 11) is 0. The molecule has 1 amide bonds. The summed E-state index contributed by atoms with van der Waals surface area (Å²) in [5.74, 6) is -0.139. The molecule has 0 bridgehead atoms. The highest BCUT2D eigenvalue weighted by molar-refractivity contribution is 9.10. The molecule has 0 spiro atoms. The van der Waals surface area contributed by atoms with Crippen LogP contribution in [0.1, 0.15) is 21.5 Å². The molecule has 3 rings (SSSR count). The normalized spacial score (nSPS) is 15.9. The van der Waals surface area contributed by atoms with Crippen molar-refractivity contribution in [3.8, 4) is 0 Å². The summed E-state index contributed by atoms with van der Waals surface area (Å²) in [5.41, 5.74) is 2.70. The van der Waals surface area contributed by atoms with Crippen molar-refractivity contribution in [1.82, 2.24) is 4.90 Å². The van der Waals surface area contributed by atoms with Crippen LogP contribution in [0.4, 0.5) is 4.79 Å². The van der Waals surface area contributed by atoms with Gasteiger partial charge in [-0.2, -0.15) is 0 Å². The van der Waals surface area contributed by atoms with E-state index in [4.69, 9.17) is 12.2 Å². The Labute approximate surface area is 164 Å². The third-order valence-corrected chi connectivity index (χ3v) is 5.74. The molecule has 0 aliphatic carbocycles. The van der Waals surface area contributed by atoms with E-state index in [1.807, 2.05) is 37.3 Å². The zero-order chi connectivity index (χ0) is 18.0. The Balaban J connectivity index is 1.76. The number of amides is 1. The van der Waals surface area contributed by atoms with Crippen molar-refractivity contribution in [3.05, 3.63) is 74.6 Å². The number of carbonyl (C=O) groups excluding carboxylic acids is 2. The lowest BCUT2D eigenvalue weighted by Gasteiger charge is -2.13. The molecule has 126 valence electrons. The number of halogens is 1. The molecule has 1 aliphatic heterocycles. The van der Waals surface area contributed by atoms with E-state index in [-0.39, 0.29) is 17.6 Å². The summed E-state index contributed by atoms with van der Waals surface area (Å²) in [4.78, 5) is 27.1. The van der Waals surface area contributed by atoms with Crippen LogP contribution in [-0.2, 0) is 0 Å². The van der Waals surface area contributed by atoms with Gasteiger partial charge in [-0.1, -0.05) is 70.1 Å². The number of aryl methyl sites for hydroxylation is 1. The Morgan fingerprint density at radius 2 is 1.80 bits per heavy atom. The minimum absolute atomic E-state index is 0.0441. The first-order chi connectivity index (χ1) is 11.9. The highest BCUT2D eigenvalue weighted by Gasteiger charge is 2.33. The van der Waals surface area contributed by atoms with Gasteiger partial charge in [0.25, 0.3) is 5.24 Å². The molecule has 0 aromatic heterocycles. The molecule has 0 unspecified atom stereocenters. The molecule has 0 N–H and O–H groups in total. The van der Waals surface area contributed by atoms with Gasteiger partial charge in [0.05, 0.1) is 11.4 Å². The van der Waals surface area contributed by atoms with Crippen molar-refractivity contribution >= 4 is 62.0 Å². The molecular weight excluding hydrogens is 418 g/mol. The smallest absolute Gasteiger partial charge is 0.292 e. The lowest BCUT2D eigenvalue weighted by Crippen LogP contribution is -2.32. The molecule has 1 heterocycles. The molecule has 6 heteroatoms. The highest BCUT2D eigenvalue weighted by Crippen LogP contribution is 2.33. The van der Waals surface area contributed by atoms with Crippen molar-refractivity contribution < 1.29 is 9.59 Å². The van der Waals surface area contributed by atoms with Gasteiger partial charge in [-0.25, -0.2) is 0 Å². The molecule has 1 fully saturated rings. The summed E-state index contributed by atoms with van der Waals surface area (Å²) in [6.45, 7) is 1.97. The number of hydrogen-bond donors (Lipinski definition) is 0. The van der Waals surface area contributed by atoms with Gasteiger partial charge < -0.3 is 0 Å². The second-order valence-corrected chi connectivity index (χ2v) is 7.90. The van der Waals surface area contributed by atoms with Crippen LogP contribution in [0.2, 0.25) is 0 Å². The minimum Gasteiger partial charge on any atom is -0.292 e. The van der Waals surface area contributed by atoms with Gasteiger partial charge in [0.2, 0.25) is 0 Å². The third-order valence-electron chi connectivity index (χ3n) is 3.72. The lowest BCUT2D eigenvalue weighted by atomic mass is 10.1. The SMILES string of the molecule is Cc1ccc(/C=C2/SC(=O)N(CC(=O)c3ccc(Br)cc3)C2=S)cc1. The first kappa shape index (κ1) is 18.0. The van der Waals surface area contributed by atoms with Gasteiger partial charge in [-0.15, -0.1) is 0 Å². The van der Waals surface area contributed by atoms with Crippen LogP contribution in [0.15, 0.2) is 57.9 Å². The summed E-state index contributed by atoms with van der Waals surface area (Å²) >= 11 is 9.82. The standard InChI is InChI=1S/C19H14BrNO2S2/c1-12-2-4-13(5-3-12)10-17-18(24)21(19(23)25-17)11-16(22)14-6-8-15(20)9-7-14/h2-10H,11H2,1H3/b17-10+. The van der Waals surface area contributed by atoms with Gasteiger partial charge in [0, 0.05) is 10.0 Å². The van der Waals surface area contributed by atoms with Crippen LogP contribution in [0.3, 0.4) is 0 Å². The maximum Gasteiger partial charge on any atom is 0.292 e. The number of hydrogen-bond acceptors (Lipinski definition) is 4. The van der Waals surface area contributed by atoms with E-state index in [0.29, 0.717) is 15.5 Å². The summed E-state index contributed by atoms with van der Waals surface area (Å²) < 4.78 is 0.899. The van der Waals surface area contributed by atoms with Crippen molar-refractivity contribution in [3.63, 3.8) is 0 Å². The molecule has 3 nitrogen and oxygen atoms in total. The third kappa shape index (κ3) is 4.26. The number of thioether (sulfide) groups is 1. The topological polar surface area (TPSA) is 37.4 Å². The van der Waals surface area contributed by atoms with E-state index in [0.717, 1.165) is 21.8 Å². The zero-order valence-electron chi connectivity index (χ0n) is 13.4. The molecule has 1 saturated heterocycles. The molecule has 2 aromatic rings. The van der Waals surface area contributed by atoms with E-state index >= 15 is 0 Å². The molecule has 0 radical (unpaired) electrons. The molecular formula is C19H14BrNO2S2. The predicted molar refractivity (Wildman–Crippen MR) is 110 cm³/mol. The Morgan fingerprint density at radius 1 is 1.16 bits per heavy atom. The van der Waals surface area contributed by atoms with Crippen molar-refractivity contribution in [2.24, 2.45) is 0 Å². The molecule has 0 atom stereocenters. The van der Waals surface area contributed by atoms with Crippen LogP contribution in [0.5, 0.6) is 0 Å². The van der Waals surface area contributed by atoms with E-state index in [1.54, 1.807) is 24.3 Å². The summed E-state index contributed by atoms with van der Waals surface area (Å²) in [6.07, 6.45) is 1.88. The Bertz CT molecular complexity index is 873. The van der Waals surface area contributed by atoms with Crippen molar-refractivity contribution in [1.29, 1.82) is 0 Å². The van der Waals surface area contributed by atoms with Crippen LogP contribution in [-0.4, -0.2) is 27.5 Å². The number of thiocarbonyl (C=S) groups is 1. The molecule has 2 aromatic carbocycles. The van der Waals surface area contributed by atoms with Gasteiger partial charge in [-0.05, 0) is 42.5 Å². The van der Waals surface area contributed by atoms with E-state index < -0.39 is 0 Å². The fourth-order valence-electron chi connectivity index (χ4n) is 2.32. The number of carbonyl (C=O) groups is 2.